The highest BCUT2D eigenvalue weighted by molar-refractivity contribution is 5.97. The second-order valence-corrected chi connectivity index (χ2v) is 4.98. The Labute approximate surface area is 116 Å². The maximum Gasteiger partial charge on any atom is 0.258 e. The largest absolute Gasteiger partial charge is 0.507 e. The molecule has 0 atom stereocenters. The van der Waals surface area contributed by atoms with Gasteiger partial charge in [0.15, 0.2) is 0 Å². The summed E-state index contributed by atoms with van der Waals surface area (Å²) in [7, 11) is 0. The van der Waals surface area contributed by atoms with E-state index in [4.69, 9.17) is 0 Å². The summed E-state index contributed by atoms with van der Waals surface area (Å²) in [6.07, 6.45) is 1.47. The van der Waals surface area contributed by atoms with E-state index in [0.717, 1.165) is 18.9 Å². The van der Waals surface area contributed by atoms with Gasteiger partial charge in [0, 0.05) is 6.04 Å². The average molecular weight is 271 g/mol. The summed E-state index contributed by atoms with van der Waals surface area (Å²) in [6, 6.07) is 11.8. The molecule has 0 bridgehead atoms. The SMILES string of the molecule is O=C(NC1Cc2ccccc2C1)c1c(O)cccc1F. The van der Waals surface area contributed by atoms with Crippen LogP contribution in [0.2, 0.25) is 0 Å². The number of carbonyl (C=O) groups is 1. The lowest BCUT2D eigenvalue weighted by atomic mass is 10.1. The van der Waals surface area contributed by atoms with Gasteiger partial charge < -0.3 is 10.4 Å². The molecule has 1 aliphatic rings. The van der Waals surface area contributed by atoms with E-state index < -0.39 is 11.7 Å². The molecule has 0 aromatic heterocycles. The van der Waals surface area contributed by atoms with Gasteiger partial charge in [-0.25, -0.2) is 4.39 Å². The molecule has 20 heavy (non-hydrogen) atoms. The van der Waals surface area contributed by atoms with Crippen molar-refractivity contribution in [3.63, 3.8) is 0 Å². The smallest absolute Gasteiger partial charge is 0.258 e. The van der Waals surface area contributed by atoms with Gasteiger partial charge in [-0.3, -0.25) is 4.79 Å². The number of phenols is 1. The molecule has 0 saturated heterocycles. The molecule has 3 nitrogen and oxygen atoms in total. The number of hydrogen-bond donors (Lipinski definition) is 2. The number of rotatable bonds is 2. The number of nitrogens with one attached hydrogen (secondary N) is 1. The van der Waals surface area contributed by atoms with E-state index in [0.29, 0.717) is 0 Å². The zero-order valence-corrected chi connectivity index (χ0v) is 10.8. The molecule has 1 amide bonds. The van der Waals surface area contributed by atoms with Crippen LogP contribution in [0.25, 0.3) is 0 Å². The molecule has 4 heteroatoms. The molecule has 0 radical (unpaired) electrons. The van der Waals surface area contributed by atoms with Crippen molar-refractivity contribution in [2.24, 2.45) is 0 Å². The Balaban J connectivity index is 1.76. The van der Waals surface area contributed by atoms with Gasteiger partial charge in [0.2, 0.25) is 0 Å². The predicted molar refractivity (Wildman–Crippen MR) is 73.2 cm³/mol. The number of benzene rings is 2. The average Bonchev–Trinajstić information content (AvgIpc) is 2.80. The summed E-state index contributed by atoms with van der Waals surface area (Å²) in [5, 5.41) is 12.4. The van der Waals surface area contributed by atoms with E-state index in [1.165, 1.54) is 23.3 Å². The molecular formula is C16H14FNO2. The summed E-state index contributed by atoms with van der Waals surface area (Å²) in [5.74, 6) is -1.62. The van der Waals surface area contributed by atoms with Crippen LogP contribution >= 0.6 is 0 Å². The van der Waals surface area contributed by atoms with Gasteiger partial charge in [0.25, 0.3) is 5.91 Å². The van der Waals surface area contributed by atoms with Crippen LogP contribution in [0.1, 0.15) is 21.5 Å². The summed E-state index contributed by atoms with van der Waals surface area (Å²) < 4.78 is 13.6. The highest BCUT2D eigenvalue weighted by atomic mass is 19.1. The first-order chi connectivity index (χ1) is 9.65. The number of fused-ring (bicyclic) bond motifs is 1. The van der Waals surface area contributed by atoms with Crippen molar-refractivity contribution in [3.05, 3.63) is 65.0 Å². The first kappa shape index (κ1) is 12.7. The first-order valence-electron chi connectivity index (χ1n) is 6.50. The third kappa shape index (κ3) is 2.25. The third-order valence-electron chi connectivity index (χ3n) is 3.60. The van der Waals surface area contributed by atoms with Crippen molar-refractivity contribution in [2.75, 3.05) is 0 Å². The highest BCUT2D eigenvalue weighted by Gasteiger charge is 2.25. The minimum Gasteiger partial charge on any atom is -0.507 e. The predicted octanol–water partition coefficient (Wildman–Crippen LogP) is 2.43. The van der Waals surface area contributed by atoms with Crippen LogP contribution in [-0.2, 0) is 12.8 Å². The normalized spacial score (nSPS) is 14.1. The lowest BCUT2D eigenvalue weighted by Gasteiger charge is -2.13. The van der Waals surface area contributed by atoms with Crippen molar-refractivity contribution < 1.29 is 14.3 Å². The molecule has 0 spiro atoms. The molecule has 3 rings (SSSR count). The van der Waals surface area contributed by atoms with E-state index in [-0.39, 0.29) is 17.4 Å². The molecule has 1 aliphatic carbocycles. The standard InChI is InChI=1S/C16H14FNO2/c17-13-6-3-7-14(19)15(13)16(20)18-12-8-10-4-1-2-5-11(10)9-12/h1-7,12,19H,8-9H2,(H,18,20). The molecule has 2 aromatic rings. The third-order valence-corrected chi connectivity index (χ3v) is 3.60. The van der Waals surface area contributed by atoms with Crippen LogP contribution in [0, 0.1) is 5.82 Å². The Hall–Kier alpha value is -2.36. The summed E-state index contributed by atoms with van der Waals surface area (Å²) in [5.41, 5.74) is 2.12. The molecule has 2 aromatic carbocycles. The van der Waals surface area contributed by atoms with E-state index >= 15 is 0 Å². The van der Waals surface area contributed by atoms with E-state index in [1.54, 1.807) is 0 Å². The van der Waals surface area contributed by atoms with E-state index in [2.05, 4.69) is 5.32 Å². The van der Waals surface area contributed by atoms with E-state index in [1.807, 2.05) is 24.3 Å². The number of hydrogen-bond acceptors (Lipinski definition) is 2. The van der Waals surface area contributed by atoms with Gasteiger partial charge in [-0.2, -0.15) is 0 Å². The van der Waals surface area contributed by atoms with Gasteiger partial charge in [-0.15, -0.1) is 0 Å². The fraction of sp³-hybridized carbons (Fsp3) is 0.188. The molecule has 2 N–H and O–H groups in total. The Kier molecular flexibility index (Phi) is 3.14. The molecule has 102 valence electrons. The second-order valence-electron chi connectivity index (χ2n) is 4.98. The Bertz CT molecular complexity index is 624. The fourth-order valence-corrected chi connectivity index (χ4v) is 2.66. The second kappa shape index (κ2) is 4.96. The molecule has 0 aliphatic heterocycles. The van der Waals surface area contributed by atoms with Crippen LogP contribution in [-0.4, -0.2) is 17.1 Å². The summed E-state index contributed by atoms with van der Waals surface area (Å²) >= 11 is 0. The number of amides is 1. The van der Waals surface area contributed by atoms with Gasteiger partial charge in [0.1, 0.15) is 17.1 Å². The topological polar surface area (TPSA) is 49.3 Å². The van der Waals surface area contributed by atoms with Crippen LogP contribution < -0.4 is 5.32 Å². The van der Waals surface area contributed by atoms with Crippen LogP contribution in [0.5, 0.6) is 5.75 Å². The first-order valence-corrected chi connectivity index (χ1v) is 6.50. The van der Waals surface area contributed by atoms with Crippen molar-refractivity contribution >= 4 is 5.91 Å². The van der Waals surface area contributed by atoms with E-state index in [9.17, 15) is 14.3 Å². The lowest BCUT2D eigenvalue weighted by molar-refractivity contribution is 0.0931. The summed E-state index contributed by atoms with van der Waals surface area (Å²) in [4.78, 5) is 12.1. The van der Waals surface area contributed by atoms with Crippen molar-refractivity contribution in [1.29, 1.82) is 0 Å². The number of aromatic hydroxyl groups is 1. The number of halogens is 1. The molecule has 0 saturated carbocycles. The zero-order chi connectivity index (χ0) is 14.1. The van der Waals surface area contributed by atoms with Crippen LogP contribution in [0.15, 0.2) is 42.5 Å². The van der Waals surface area contributed by atoms with Crippen LogP contribution in [0.3, 0.4) is 0 Å². The number of phenolic OH excluding ortho intramolecular Hbond substituents is 1. The maximum atomic E-state index is 13.6. The fourth-order valence-electron chi connectivity index (χ4n) is 2.66. The molecule has 0 fully saturated rings. The molecule has 0 heterocycles. The Morgan fingerprint density at radius 3 is 2.35 bits per heavy atom. The lowest BCUT2D eigenvalue weighted by Crippen LogP contribution is -2.35. The van der Waals surface area contributed by atoms with Crippen molar-refractivity contribution in [1.82, 2.24) is 5.32 Å². The Morgan fingerprint density at radius 2 is 1.75 bits per heavy atom. The monoisotopic (exact) mass is 271 g/mol. The van der Waals surface area contributed by atoms with Crippen molar-refractivity contribution in [3.8, 4) is 5.75 Å². The maximum absolute atomic E-state index is 13.6. The Morgan fingerprint density at radius 1 is 1.10 bits per heavy atom. The minimum absolute atomic E-state index is 0.0566. The van der Waals surface area contributed by atoms with Gasteiger partial charge >= 0.3 is 0 Å². The molecular weight excluding hydrogens is 257 g/mol. The highest BCUT2D eigenvalue weighted by Crippen LogP contribution is 2.24. The minimum atomic E-state index is -0.710. The van der Waals surface area contributed by atoms with Gasteiger partial charge in [-0.05, 0) is 36.1 Å². The zero-order valence-electron chi connectivity index (χ0n) is 10.8. The van der Waals surface area contributed by atoms with Gasteiger partial charge in [0.05, 0.1) is 0 Å². The van der Waals surface area contributed by atoms with Gasteiger partial charge in [-0.1, -0.05) is 30.3 Å². The molecule has 0 unspecified atom stereocenters. The van der Waals surface area contributed by atoms with Crippen molar-refractivity contribution in [2.45, 2.75) is 18.9 Å². The van der Waals surface area contributed by atoms with Crippen LogP contribution in [0.4, 0.5) is 4.39 Å². The quantitative estimate of drug-likeness (QED) is 0.881. The number of carbonyl (C=O) groups excluding carboxylic acids is 1. The summed E-state index contributed by atoms with van der Waals surface area (Å²) in [6.45, 7) is 0.